The predicted octanol–water partition coefficient (Wildman–Crippen LogP) is 5.82. The summed E-state index contributed by atoms with van der Waals surface area (Å²) in [5, 5.41) is 12.9. The van der Waals surface area contributed by atoms with Crippen molar-refractivity contribution in [3.63, 3.8) is 0 Å². The number of esters is 1. The molecule has 0 saturated heterocycles. The van der Waals surface area contributed by atoms with Crippen molar-refractivity contribution in [2.75, 3.05) is 32.7 Å². The Labute approximate surface area is 249 Å². The van der Waals surface area contributed by atoms with E-state index in [0.29, 0.717) is 49.4 Å². The summed E-state index contributed by atoms with van der Waals surface area (Å²) in [6.07, 6.45) is 4.08. The standard InChI is InChI=1S/C33H43N3O6/c1-8-22(9-2)20-35-30(37)25-11-10-21(3)16-27(25)36(5)31(38)26-18-28(23(19-34)17-29(26)40-6)42-24-12-14-33(4,15-13-24)32(39)41-7/h10-11,16-18,22,24H,8-9,12-15,20H2,1-7H3,(H,35,37)/t24-,33+. The second-order valence-electron chi connectivity index (χ2n) is 11.3. The third-order valence-corrected chi connectivity index (χ3v) is 8.43. The van der Waals surface area contributed by atoms with Crippen LogP contribution < -0.4 is 19.7 Å². The highest BCUT2D eigenvalue weighted by atomic mass is 16.5. The summed E-state index contributed by atoms with van der Waals surface area (Å²) in [7, 11) is 4.44. The Morgan fingerprint density at radius 3 is 2.31 bits per heavy atom. The van der Waals surface area contributed by atoms with Crippen LogP contribution in [0.2, 0.25) is 0 Å². The van der Waals surface area contributed by atoms with Crippen LogP contribution in [0.1, 0.15) is 91.1 Å². The summed E-state index contributed by atoms with van der Waals surface area (Å²) in [4.78, 5) is 40.8. The van der Waals surface area contributed by atoms with Gasteiger partial charge in [-0.2, -0.15) is 5.26 Å². The predicted molar refractivity (Wildman–Crippen MR) is 161 cm³/mol. The van der Waals surface area contributed by atoms with Gasteiger partial charge in [-0.15, -0.1) is 0 Å². The number of aryl methyl sites for hydroxylation is 1. The van der Waals surface area contributed by atoms with Crippen LogP contribution in [-0.4, -0.2) is 51.7 Å². The van der Waals surface area contributed by atoms with Gasteiger partial charge in [-0.1, -0.05) is 32.8 Å². The molecule has 3 rings (SSSR count). The lowest BCUT2D eigenvalue weighted by molar-refractivity contribution is -0.154. The van der Waals surface area contributed by atoms with Crippen molar-refractivity contribution in [3.8, 4) is 17.6 Å². The van der Waals surface area contributed by atoms with E-state index >= 15 is 0 Å². The van der Waals surface area contributed by atoms with Crippen molar-refractivity contribution in [1.29, 1.82) is 5.26 Å². The van der Waals surface area contributed by atoms with Crippen molar-refractivity contribution in [2.45, 2.75) is 72.3 Å². The van der Waals surface area contributed by atoms with E-state index in [1.807, 2.05) is 19.9 Å². The Bertz CT molecular complexity index is 1340. The molecular weight excluding hydrogens is 534 g/mol. The smallest absolute Gasteiger partial charge is 0.311 e. The normalized spacial score (nSPS) is 18.1. The van der Waals surface area contributed by atoms with E-state index in [0.717, 1.165) is 18.4 Å². The largest absolute Gasteiger partial charge is 0.496 e. The fraction of sp³-hybridized carbons (Fsp3) is 0.515. The molecule has 42 heavy (non-hydrogen) atoms. The molecule has 1 saturated carbocycles. The first-order valence-electron chi connectivity index (χ1n) is 14.6. The number of methoxy groups -OCH3 is 2. The molecule has 0 heterocycles. The van der Waals surface area contributed by atoms with E-state index in [1.54, 1.807) is 19.2 Å². The average molecular weight is 578 g/mol. The molecule has 2 amide bonds. The Morgan fingerprint density at radius 1 is 1.07 bits per heavy atom. The number of ether oxygens (including phenoxy) is 3. The number of carbonyl (C=O) groups excluding carboxylic acids is 3. The zero-order valence-corrected chi connectivity index (χ0v) is 25.8. The van der Waals surface area contributed by atoms with E-state index in [2.05, 4.69) is 25.2 Å². The zero-order valence-electron chi connectivity index (χ0n) is 25.8. The lowest BCUT2D eigenvalue weighted by atomic mass is 9.74. The highest BCUT2D eigenvalue weighted by Gasteiger charge is 2.39. The molecule has 2 aromatic rings. The summed E-state index contributed by atoms with van der Waals surface area (Å²) in [6.45, 7) is 8.54. The third-order valence-electron chi connectivity index (χ3n) is 8.43. The maximum absolute atomic E-state index is 13.9. The number of benzene rings is 2. The van der Waals surface area contributed by atoms with Crippen molar-refractivity contribution < 1.29 is 28.6 Å². The molecule has 1 aliphatic carbocycles. The second-order valence-corrected chi connectivity index (χ2v) is 11.3. The molecule has 0 spiro atoms. The molecule has 0 atom stereocenters. The van der Waals surface area contributed by atoms with E-state index in [-0.39, 0.29) is 40.6 Å². The molecule has 0 aliphatic heterocycles. The monoisotopic (exact) mass is 577 g/mol. The second kappa shape index (κ2) is 14.2. The molecule has 9 heteroatoms. The number of carbonyl (C=O) groups is 3. The van der Waals surface area contributed by atoms with Gasteiger partial charge in [-0.05, 0) is 69.2 Å². The number of amides is 2. The van der Waals surface area contributed by atoms with E-state index in [1.165, 1.54) is 31.3 Å². The maximum Gasteiger partial charge on any atom is 0.311 e. The first kappa shape index (κ1) is 32.5. The van der Waals surface area contributed by atoms with Gasteiger partial charge in [0.15, 0.2) is 0 Å². The van der Waals surface area contributed by atoms with E-state index in [9.17, 15) is 19.6 Å². The summed E-state index contributed by atoms with van der Waals surface area (Å²) >= 11 is 0. The molecule has 0 radical (unpaired) electrons. The highest BCUT2D eigenvalue weighted by Crippen LogP contribution is 2.39. The number of hydrogen-bond acceptors (Lipinski definition) is 7. The van der Waals surface area contributed by atoms with Gasteiger partial charge in [0.1, 0.15) is 17.6 Å². The number of nitriles is 1. The molecule has 226 valence electrons. The van der Waals surface area contributed by atoms with Crippen LogP contribution in [0.15, 0.2) is 30.3 Å². The van der Waals surface area contributed by atoms with Gasteiger partial charge in [0, 0.05) is 19.7 Å². The lowest BCUT2D eigenvalue weighted by Gasteiger charge is -2.35. The maximum atomic E-state index is 13.9. The Morgan fingerprint density at radius 2 is 1.74 bits per heavy atom. The van der Waals surface area contributed by atoms with Crippen molar-refractivity contribution >= 4 is 23.5 Å². The minimum absolute atomic E-state index is 0.203. The quantitative estimate of drug-likeness (QED) is 0.335. The Kier molecular flexibility index (Phi) is 11.0. The molecule has 0 aromatic heterocycles. The molecule has 0 bridgehead atoms. The van der Waals surface area contributed by atoms with Crippen molar-refractivity contribution in [1.82, 2.24) is 5.32 Å². The number of nitrogens with zero attached hydrogens (tertiary/aromatic N) is 2. The van der Waals surface area contributed by atoms with Crippen LogP contribution in [0.5, 0.6) is 11.5 Å². The molecular formula is C33H43N3O6. The third kappa shape index (κ3) is 7.22. The fourth-order valence-electron chi connectivity index (χ4n) is 5.37. The minimum atomic E-state index is -0.567. The van der Waals surface area contributed by atoms with Gasteiger partial charge in [-0.3, -0.25) is 14.4 Å². The van der Waals surface area contributed by atoms with Gasteiger partial charge in [0.05, 0.1) is 48.1 Å². The molecule has 1 fully saturated rings. The molecule has 1 N–H and O–H groups in total. The van der Waals surface area contributed by atoms with Crippen molar-refractivity contribution in [3.05, 3.63) is 52.6 Å². The van der Waals surface area contributed by atoms with Gasteiger partial charge in [0.2, 0.25) is 0 Å². The topological polar surface area (TPSA) is 118 Å². The summed E-state index contributed by atoms with van der Waals surface area (Å²) < 4.78 is 16.7. The summed E-state index contributed by atoms with van der Waals surface area (Å²) in [6, 6.07) is 10.5. The van der Waals surface area contributed by atoms with Crippen LogP contribution in [0.4, 0.5) is 5.69 Å². The van der Waals surface area contributed by atoms with Gasteiger partial charge >= 0.3 is 5.97 Å². The Balaban J connectivity index is 1.90. The first-order valence-corrected chi connectivity index (χ1v) is 14.6. The zero-order chi connectivity index (χ0) is 31.0. The average Bonchev–Trinajstić information content (AvgIpc) is 3.01. The first-order chi connectivity index (χ1) is 20.0. The highest BCUT2D eigenvalue weighted by molar-refractivity contribution is 6.11. The van der Waals surface area contributed by atoms with Crippen LogP contribution in [-0.2, 0) is 9.53 Å². The fourth-order valence-corrected chi connectivity index (χ4v) is 5.37. The molecule has 1 aliphatic rings. The van der Waals surface area contributed by atoms with Crippen molar-refractivity contribution in [2.24, 2.45) is 11.3 Å². The summed E-state index contributed by atoms with van der Waals surface area (Å²) in [5.41, 5.74) is 1.63. The van der Waals surface area contributed by atoms with Gasteiger partial charge in [-0.25, -0.2) is 0 Å². The molecule has 9 nitrogen and oxygen atoms in total. The number of rotatable bonds is 11. The van der Waals surface area contributed by atoms with Crippen LogP contribution in [0, 0.1) is 29.6 Å². The van der Waals surface area contributed by atoms with E-state index in [4.69, 9.17) is 14.2 Å². The molecule has 2 aromatic carbocycles. The number of nitrogens with one attached hydrogen (secondary N) is 1. The van der Waals surface area contributed by atoms with E-state index < -0.39 is 11.3 Å². The molecule has 0 unspecified atom stereocenters. The summed E-state index contributed by atoms with van der Waals surface area (Å²) in [5.74, 6) is -0.0220. The lowest BCUT2D eigenvalue weighted by Crippen LogP contribution is -2.37. The number of hydrogen-bond donors (Lipinski definition) is 1. The van der Waals surface area contributed by atoms with Crippen LogP contribution >= 0.6 is 0 Å². The number of anilines is 1. The van der Waals surface area contributed by atoms with Crippen LogP contribution in [0.25, 0.3) is 0 Å². The SMILES string of the molecule is CCC(CC)CNC(=O)c1ccc(C)cc1N(C)C(=O)c1cc(O[C@H]2CC[C@@](C)(C(=O)OC)CC2)c(C#N)cc1OC. The van der Waals surface area contributed by atoms with Crippen LogP contribution in [0.3, 0.4) is 0 Å². The van der Waals surface area contributed by atoms with Gasteiger partial charge < -0.3 is 24.4 Å². The Hall–Kier alpha value is -4.06. The van der Waals surface area contributed by atoms with Gasteiger partial charge in [0.25, 0.3) is 11.8 Å². The minimum Gasteiger partial charge on any atom is -0.496 e.